The molecule has 0 aromatic heterocycles. The molecule has 10 heteroatoms. The molecule has 0 saturated carbocycles. The fourth-order valence-electron chi connectivity index (χ4n) is 8.60. The highest BCUT2D eigenvalue weighted by atomic mass is 31.2. The van der Waals surface area contributed by atoms with E-state index in [1.54, 1.807) is 0 Å². The van der Waals surface area contributed by atoms with E-state index in [-0.39, 0.29) is 32.0 Å². The topological polar surface area (TPSA) is 108 Å². The number of rotatable bonds is 57. The number of esters is 2. The molecule has 0 rings (SSSR count). The maximum atomic E-state index is 12.8. The van der Waals surface area contributed by atoms with E-state index in [4.69, 9.17) is 18.5 Å². The van der Waals surface area contributed by atoms with Crippen molar-refractivity contribution in [3.05, 3.63) is 85.1 Å². The normalized spacial score (nSPS) is 13.8. The van der Waals surface area contributed by atoms with Gasteiger partial charge in [0.15, 0.2) is 6.10 Å². The van der Waals surface area contributed by atoms with Gasteiger partial charge < -0.3 is 18.9 Å². The van der Waals surface area contributed by atoms with Crippen LogP contribution >= 0.6 is 7.82 Å². The van der Waals surface area contributed by atoms with Gasteiger partial charge in [-0.2, -0.15) is 0 Å². The maximum Gasteiger partial charge on any atom is 0.472 e. The average Bonchev–Trinajstić information content (AvgIpc) is 3.38. The first-order valence-electron chi connectivity index (χ1n) is 31.3. The van der Waals surface area contributed by atoms with Crippen LogP contribution in [0, 0.1) is 0 Å². The van der Waals surface area contributed by atoms with Crippen molar-refractivity contribution in [3.63, 3.8) is 0 Å². The summed E-state index contributed by atoms with van der Waals surface area (Å²) in [6.07, 6.45) is 76.5. The summed E-state index contributed by atoms with van der Waals surface area (Å²) in [6.45, 7) is 4.33. The van der Waals surface area contributed by atoms with Crippen molar-refractivity contribution in [2.24, 2.45) is 0 Å². The standard InChI is InChI=1S/C66H118NO8P/c1-6-8-10-12-14-16-18-20-22-24-26-28-30-32-33-35-36-38-40-42-44-46-48-50-52-54-56-58-65(68)72-62-64(63-74-76(70,71)73-61-60-67(3,4)5)75-66(69)59-57-55-53-51-49-47-45-43-41-39-37-34-31-29-27-25-23-21-19-17-15-13-11-9-7-2/h9,11,15,17-18,20-21,23-24,26-27,29-30,32,64H,6-8,10,12-14,16,19,22,25,28,31,33-63H2,1-5H3/p+1/b11-9-,17-15-,20-18-,23-21-,26-24-,29-27-,32-30-. The largest absolute Gasteiger partial charge is 0.472 e. The Bertz CT molecular complexity index is 1560. The lowest BCUT2D eigenvalue weighted by Crippen LogP contribution is -2.37. The Kier molecular flexibility index (Phi) is 54.8. The van der Waals surface area contributed by atoms with Crippen LogP contribution in [-0.2, 0) is 32.7 Å². The second kappa shape index (κ2) is 56.9. The van der Waals surface area contributed by atoms with E-state index in [0.717, 1.165) is 77.0 Å². The van der Waals surface area contributed by atoms with Crippen LogP contribution in [0.4, 0.5) is 0 Å². The minimum absolute atomic E-state index is 0.0283. The Morgan fingerprint density at radius 1 is 0.421 bits per heavy atom. The smallest absolute Gasteiger partial charge is 0.462 e. The van der Waals surface area contributed by atoms with Crippen molar-refractivity contribution in [1.29, 1.82) is 0 Å². The number of unbranched alkanes of at least 4 members (excludes halogenated alkanes) is 29. The van der Waals surface area contributed by atoms with Crippen LogP contribution in [0.3, 0.4) is 0 Å². The van der Waals surface area contributed by atoms with E-state index in [9.17, 15) is 19.0 Å². The van der Waals surface area contributed by atoms with Gasteiger partial charge in [-0.1, -0.05) is 253 Å². The van der Waals surface area contributed by atoms with Crippen LogP contribution < -0.4 is 0 Å². The van der Waals surface area contributed by atoms with Gasteiger partial charge in [-0.3, -0.25) is 18.6 Å². The molecule has 440 valence electrons. The highest BCUT2D eigenvalue weighted by Gasteiger charge is 2.27. The third-order valence-electron chi connectivity index (χ3n) is 13.4. The quantitative estimate of drug-likeness (QED) is 0.0211. The molecule has 0 fully saturated rings. The van der Waals surface area contributed by atoms with Crippen LogP contribution in [-0.4, -0.2) is 74.9 Å². The first-order valence-corrected chi connectivity index (χ1v) is 32.8. The van der Waals surface area contributed by atoms with Crippen molar-refractivity contribution in [2.75, 3.05) is 47.5 Å². The molecule has 0 saturated heterocycles. The van der Waals surface area contributed by atoms with Gasteiger partial charge in [0.05, 0.1) is 27.7 Å². The molecule has 0 bridgehead atoms. The zero-order valence-electron chi connectivity index (χ0n) is 50.0. The Hall–Kier alpha value is -2.81. The number of likely N-dealkylation sites (N-methyl/N-ethyl adjacent to an activating group) is 1. The second-order valence-corrected chi connectivity index (χ2v) is 23.5. The van der Waals surface area contributed by atoms with Crippen LogP contribution in [0.2, 0.25) is 0 Å². The SMILES string of the molecule is CC/C=C\C/C=C\C/C=C\C/C=C\CCCCCCCCCCCCCCC(=O)OC(COC(=O)CCCCCCCCCCCCCC/C=C\C/C=C\C/C=C\CCCCCCC)COP(=O)(O)OCC[N+](C)(C)C. The van der Waals surface area contributed by atoms with Crippen molar-refractivity contribution in [2.45, 2.75) is 277 Å². The molecule has 2 atom stereocenters. The second-order valence-electron chi connectivity index (χ2n) is 22.1. The van der Waals surface area contributed by atoms with E-state index < -0.39 is 26.5 Å². The van der Waals surface area contributed by atoms with E-state index >= 15 is 0 Å². The summed E-state index contributed by atoms with van der Waals surface area (Å²) >= 11 is 0. The minimum Gasteiger partial charge on any atom is -0.462 e. The Balaban J connectivity index is 4.13. The molecule has 1 N–H and O–H groups in total. The summed E-state index contributed by atoms with van der Waals surface area (Å²) in [6, 6.07) is 0. The molecule has 0 aliphatic carbocycles. The molecule has 0 radical (unpaired) electrons. The summed E-state index contributed by atoms with van der Waals surface area (Å²) in [5, 5.41) is 0. The molecular weight excluding hydrogens is 966 g/mol. The first-order chi connectivity index (χ1) is 37.0. The lowest BCUT2D eigenvalue weighted by molar-refractivity contribution is -0.870. The number of allylic oxidation sites excluding steroid dienone is 14. The monoisotopic (exact) mass is 1080 g/mol. The highest BCUT2D eigenvalue weighted by Crippen LogP contribution is 2.43. The van der Waals surface area contributed by atoms with Gasteiger partial charge >= 0.3 is 19.8 Å². The third-order valence-corrected chi connectivity index (χ3v) is 14.4. The van der Waals surface area contributed by atoms with E-state index in [0.29, 0.717) is 17.4 Å². The molecule has 76 heavy (non-hydrogen) atoms. The van der Waals surface area contributed by atoms with Crippen LogP contribution in [0.5, 0.6) is 0 Å². The zero-order valence-corrected chi connectivity index (χ0v) is 50.9. The molecule has 0 aliphatic rings. The van der Waals surface area contributed by atoms with Crippen molar-refractivity contribution in [3.8, 4) is 0 Å². The van der Waals surface area contributed by atoms with Gasteiger partial charge in [0.1, 0.15) is 19.8 Å². The molecular formula is C66H119NO8P+. The molecule has 0 heterocycles. The Morgan fingerprint density at radius 2 is 0.750 bits per heavy atom. The Morgan fingerprint density at radius 3 is 1.12 bits per heavy atom. The predicted molar refractivity (Wildman–Crippen MR) is 325 cm³/mol. The van der Waals surface area contributed by atoms with E-state index in [2.05, 4.69) is 98.9 Å². The number of hydrogen-bond acceptors (Lipinski definition) is 7. The van der Waals surface area contributed by atoms with Crippen molar-refractivity contribution in [1.82, 2.24) is 0 Å². The number of ether oxygens (including phenoxy) is 2. The lowest BCUT2D eigenvalue weighted by Gasteiger charge is -2.24. The van der Waals surface area contributed by atoms with Gasteiger partial charge in [-0.15, -0.1) is 0 Å². The minimum atomic E-state index is -4.39. The van der Waals surface area contributed by atoms with Gasteiger partial charge in [0, 0.05) is 12.8 Å². The number of phosphoric acid groups is 1. The fourth-order valence-corrected chi connectivity index (χ4v) is 9.34. The predicted octanol–water partition coefficient (Wildman–Crippen LogP) is 19.8. The zero-order chi connectivity index (χ0) is 55.6. The summed E-state index contributed by atoms with van der Waals surface area (Å²) in [7, 11) is 1.47. The number of carbonyl (C=O) groups is 2. The molecule has 0 aromatic rings. The fraction of sp³-hybridized carbons (Fsp3) is 0.758. The number of nitrogens with zero attached hydrogens (tertiary/aromatic N) is 1. The number of hydrogen-bond donors (Lipinski definition) is 1. The van der Waals surface area contributed by atoms with Crippen molar-refractivity contribution < 1.29 is 42.1 Å². The molecule has 2 unspecified atom stereocenters. The first kappa shape index (κ1) is 73.2. The van der Waals surface area contributed by atoms with Crippen molar-refractivity contribution >= 4 is 19.8 Å². The maximum absolute atomic E-state index is 12.8. The molecule has 0 aliphatic heterocycles. The summed E-state index contributed by atoms with van der Waals surface area (Å²) < 4.78 is 34.6. The molecule has 0 spiro atoms. The van der Waals surface area contributed by atoms with Gasteiger partial charge in [-0.05, 0) is 89.9 Å². The van der Waals surface area contributed by atoms with E-state index in [1.165, 1.54) is 161 Å². The number of quaternary nitrogens is 1. The third kappa shape index (κ3) is 60.4. The van der Waals surface area contributed by atoms with Crippen LogP contribution in [0.1, 0.15) is 271 Å². The van der Waals surface area contributed by atoms with Crippen LogP contribution in [0.25, 0.3) is 0 Å². The Labute approximate surface area is 469 Å². The van der Waals surface area contributed by atoms with Gasteiger partial charge in [0.2, 0.25) is 0 Å². The van der Waals surface area contributed by atoms with Gasteiger partial charge in [-0.25, -0.2) is 4.57 Å². The highest BCUT2D eigenvalue weighted by molar-refractivity contribution is 7.47. The summed E-state index contributed by atoms with van der Waals surface area (Å²) in [4.78, 5) is 35.8. The lowest BCUT2D eigenvalue weighted by atomic mass is 10.0. The molecule has 9 nitrogen and oxygen atoms in total. The average molecular weight is 1090 g/mol. The van der Waals surface area contributed by atoms with E-state index in [1.807, 2.05) is 21.1 Å². The number of carbonyl (C=O) groups excluding carboxylic acids is 2. The number of phosphoric ester groups is 1. The van der Waals surface area contributed by atoms with Crippen LogP contribution in [0.15, 0.2) is 85.1 Å². The summed E-state index contributed by atoms with van der Waals surface area (Å²) in [5.74, 6) is -0.798. The molecule has 0 aromatic carbocycles. The van der Waals surface area contributed by atoms with Gasteiger partial charge in [0.25, 0.3) is 0 Å². The molecule has 0 amide bonds. The summed E-state index contributed by atoms with van der Waals surface area (Å²) in [5.41, 5.74) is 0.